The first kappa shape index (κ1) is 32.2. The molecule has 1 saturated heterocycles. The van der Waals surface area contributed by atoms with Crippen molar-refractivity contribution in [1.82, 2.24) is 20.5 Å². The summed E-state index contributed by atoms with van der Waals surface area (Å²) in [5.74, 6) is 0.386. The Bertz CT molecular complexity index is 930. The number of nitrogens with zero attached hydrogens (tertiary/aromatic N) is 2. The van der Waals surface area contributed by atoms with Crippen molar-refractivity contribution in [2.24, 2.45) is 5.92 Å². The van der Waals surface area contributed by atoms with Gasteiger partial charge in [-0.15, -0.1) is 11.3 Å². The number of hydrogen-bond donors (Lipinski definition) is 3. The van der Waals surface area contributed by atoms with E-state index in [9.17, 15) is 19.5 Å². The maximum absolute atomic E-state index is 11.6. The highest BCUT2D eigenvalue weighted by Gasteiger charge is 2.24. The van der Waals surface area contributed by atoms with Crippen molar-refractivity contribution in [1.29, 1.82) is 0 Å². The molecule has 1 aromatic heterocycles. The molecule has 9 nitrogen and oxygen atoms in total. The zero-order valence-electron chi connectivity index (χ0n) is 22.7. The third-order valence-corrected chi connectivity index (χ3v) is 5.86. The van der Waals surface area contributed by atoms with Crippen molar-refractivity contribution < 1.29 is 24.2 Å². The minimum absolute atomic E-state index is 0.0102. The monoisotopic (exact) mass is 534 g/mol. The molecule has 0 aliphatic carbocycles. The van der Waals surface area contributed by atoms with Crippen LogP contribution in [-0.2, 0) is 25.7 Å². The van der Waals surface area contributed by atoms with Crippen molar-refractivity contribution in [3.63, 3.8) is 0 Å². The lowest BCUT2D eigenvalue weighted by atomic mass is 10.1. The quantitative estimate of drug-likeness (QED) is 0.318. The van der Waals surface area contributed by atoms with Gasteiger partial charge in [-0.05, 0) is 36.8 Å². The van der Waals surface area contributed by atoms with Crippen LogP contribution in [0.15, 0.2) is 29.8 Å². The number of aromatic nitrogens is 1. The molecule has 37 heavy (non-hydrogen) atoms. The fraction of sp³-hybridized carbons (Fsp3) is 0.556. The lowest BCUT2D eigenvalue weighted by Gasteiger charge is -2.15. The van der Waals surface area contributed by atoms with Crippen LogP contribution < -0.4 is 10.6 Å². The van der Waals surface area contributed by atoms with E-state index >= 15 is 0 Å². The van der Waals surface area contributed by atoms with Gasteiger partial charge in [-0.25, -0.2) is 4.98 Å². The number of rotatable bonds is 10. The molecular weight excluding hydrogens is 492 g/mol. The molecular formula is C27H42N4O5S. The van der Waals surface area contributed by atoms with Crippen LogP contribution in [0.3, 0.4) is 0 Å². The molecule has 1 atom stereocenters. The molecule has 3 rings (SSSR count). The number of thiazole rings is 1. The van der Waals surface area contributed by atoms with Gasteiger partial charge in [0.05, 0.1) is 28.7 Å². The normalized spacial score (nSPS) is 14.2. The molecule has 3 N–H and O–H groups in total. The maximum atomic E-state index is 11.6. The molecule has 206 valence electrons. The smallest absolute Gasteiger partial charge is 0.246 e. The summed E-state index contributed by atoms with van der Waals surface area (Å²) in [6.07, 6.45) is 1.75. The number of ether oxygens (including phenoxy) is 1. The van der Waals surface area contributed by atoms with Crippen molar-refractivity contribution in [3.05, 3.63) is 41.0 Å². The first-order valence-electron chi connectivity index (χ1n) is 12.6. The average molecular weight is 535 g/mol. The van der Waals surface area contributed by atoms with E-state index in [1.807, 2.05) is 31.5 Å². The fourth-order valence-corrected chi connectivity index (χ4v) is 3.94. The second-order valence-electron chi connectivity index (χ2n) is 9.31. The third kappa shape index (κ3) is 13.9. The van der Waals surface area contributed by atoms with Crippen molar-refractivity contribution in [2.45, 2.75) is 60.1 Å². The van der Waals surface area contributed by atoms with Gasteiger partial charge in [-0.1, -0.05) is 52.0 Å². The number of carbonyl (C=O) groups is 3. The highest BCUT2D eigenvalue weighted by atomic mass is 32.1. The Morgan fingerprint density at radius 3 is 2.46 bits per heavy atom. The molecule has 10 heteroatoms. The Morgan fingerprint density at radius 2 is 1.95 bits per heavy atom. The summed E-state index contributed by atoms with van der Waals surface area (Å²) in [5.41, 5.74) is 5.18. The number of amides is 3. The molecule has 1 aliphatic heterocycles. The van der Waals surface area contributed by atoms with Gasteiger partial charge < -0.3 is 25.4 Å². The molecule has 2 heterocycles. The molecule has 1 fully saturated rings. The minimum atomic E-state index is -0.428. The van der Waals surface area contributed by atoms with Gasteiger partial charge in [0.15, 0.2) is 0 Å². The van der Waals surface area contributed by atoms with Crippen LogP contribution in [0.1, 0.15) is 51.8 Å². The molecule has 0 saturated carbocycles. The van der Waals surface area contributed by atoms with Gasteiger partial charge in [0, 0.05) is 26.2 Å². The van der Waals surface area contributed by atoms with Gasteiger partial charge in [-0.2, -0.15) is 0 Å². The summed E-state index contributed by atoms with van der Waals surface area (Å²) < 4.78 is 5.04. The fourth-order valence-electron chi connectivity index (χ4n) is 3.13. The van der Waals surface area contributed by atoms with Crippen molar-refractivity contribution in [2.75, 3.05) is 32.8 Å². The van der Waals surface area contributed by atoms with E-state index in [0.717, 1.165) is 23.6 Å². The zero-order valence-corrected chi connectivity index (χ0v) is 23.5. The standard InChI is InChI=1S/C12H12N2OS.C11H20N2O4.C4H10/c1-9-12(16-8-14-9)11-4-2-10(3-5-11)6-13-7-15;1-2-5-17-8-10(15)12-6-11(16)13-4-3-9(14)7-13;1-4(2)3/h2-5,7-8H,6H2,1H3,(H,13,15);9,14H,2-8H2,1H3,(H,12,15);4H,1-3H3. The number of aliphatic hydroxyl groups is 1. The number of hydrogen-bond acceptors (Lipinski definition) is 7. The summed E-state index contributed by atoms with van der Waals surface area (Å²) in [5, 5.41) is 14.4. The summed E-state index contributed by atoms with van der Waals surface area (Å²) in [6.45, 7) is 12.5. The van der Waals surface area contributed by atoms with Gasteiger partial charge in [0.2, 0.25) is 18.2 Å². The van der Waals surface area contributed by atoms with Gasteiger partial charge >= 0.3 is 0 Å². The molecule has 3 amide bonds. The van der Waals surface area contributed by atoms with E-state index in [1.54, 1.807) is 16.2 Å². The first-order chi connectivity index (χ1) is 17.7. The Morgan fingerprint density at radius 1 is 1.27 bits per heavy atom. The second-order valence-corrected chi connectivity index (χ2v) is 10.2. The summed E-state index contributed by atoms with van der Waals surface area (Å²) >= 11 is 1.64. The topological polar surface area (TPSA) is 121 Å². The summed E-state index contributed by atoms with van der Waals surface area (Å²) in [6, 6.07) is 8.15. The third-order valence-electron chi connectivity index (χ3n) is 4.89. The van der Waals surface area contributed by atoms with Crippen LogP contribution >= 0.6 is 11.3 Å². The highest BCUT2D eigenvalue weighted by molar-refractivity contribution is 7.13. The van der Waals surface area contributed by atoms with Crippen LogP contribution in [0.25, 0.3) is 10.4 Å². The lowest BCUT2D eigenvalue weighted by Crippen LogP contribution is -2.40. The predicted octanol–water partition coefficient (Wildman–Crippen LogP) is 3.15. The van der Waals surface area contributed by atoms with Gasteiger partial charge in [-0.3, -0.25) is 14.4 Å². The second kappa shape index (κ2) is 18.4. The van der Waals surface area contributed by atoms with E-state index in [2.05, 4.69) is 48.5 Å². The van der Waals surface area contributed by atoms with Gasteiger partial charge in [0.1, 0.15) is 6.61 Å². The van der Waals surface area contributed by atoms with E-state index in [4.69, 9.17) is 4.74 Å². The number of aryl methyl sites for hydroxylation is 1. The summed E-state index contributed by atoms with van der Waals surface area (Å²) in [7, 11) is 0. The van der Waals surface area contributed by atoms with Crippen LogP contribution in [0.5, 0.6) is 0 Å². The van der Waals surface area contributed by atoms with Crippen molar-refractivity contribution in [3.8, 4) is 10.4 Å². The molecule has 0 radical (unpaired) electrons. The van der Waals surface area contributed by atoms with Crippen LogP contribution in [0.4, 0.5) is 0 Å². The number of benzene rings is 1. The minimum Gasteiger partial charge on any atom is -0.391 e. The molecule has 1 aromatic carbocycles. The molecule has 0 spiro atoms. The van der Waals surface area contributed by atoms with E-state index < -0.39 is 6.10 Å². The number of β-amino-alcohol motifs (C(OH)–C–C–N with tert-alkyl or cyclic N) is 1. The Kier molecular flexibility index (Phi) is 16.0. The average Bonchev–Trinajstić information content (AvgIpc) is 3.50. The van der Waals surface area contributed by atoms with E-state index in [1.165, 1.54) is 10.4 Å². The number of nitrogens with one attached hydrogen (secondary N) is 2. The van der Waals surface area contributed by atoms with E-state index in [0.29, 0.717) is 39.1 Å². The SMILES string of the molecule is CC(C)C.CCCOCC(=O)NCC(=O)N1CCC(O)C1.Cc1ncsc1-c1ccc(CNC=O)cc1. The molecule has 0 bridgehead atoms. The van der Waals surface area contributed by atoms with Crippen LogP contribution in [0.2, 0.25) is 0 Å². The zero-order chi connectivity index (χ0) is 27.6. The number of carbonyl (C=O) groups excluding carboxylic acids is 3. The van der Waals surface area contributed by atoms with Crippen LogP contribution in [-0.4, -0.2) is 72.2 Å². The molecule has 1 aliphatic rings. The highest BCUT2D eigenvalue weighted by Crippen LogP contribution is 2.27. The van der Waals surface area contributed by atoms with Crippen molar-refractivity contribution >= 4 is 29.6 Å². The molecule has 1 unspecified atom stereocenters. The van der Waals surface area contributed by atoms with E-state index in [-0.39, 0.29) is 25.0 Å². The molecule has 2 aromatic rings. The number of aliphatic hydroxyl groups excluding tert-OH is 1. The van der Waals surface area contributed by atoms with Gasteiger partial charge in [0.25, 0.3) is 0 Å². The first-order valence-corrected chi connectivity index (χ1v) is 13.5. The summed E-state index contributed by atoms with van der Waals surface area (Å²) in [4.78, 5) is 40.0. The largest absolute Gasteiger partial charge is 0.391 e. The predicted molar refractivity (Wildman–Crippen MR) is 147 cm³/mol. The van der Waals surface area contributed by atoms with Crippen LogP contribution in [0, 0.1) is 12.8 Å². The Labute approximate surface area is 224 Å². The lowest BCUT2D eigenvalue weighted by molar-refractivity contribution is -0.133. The number of likely N-dealkylation sites (tertiary alicyclic amines) is 1. The maximum Gasteiger partial charge on any atom is 0.246 e. The Balaban J connectivity index is 0.000000324. The Hall–Kier alpha value is -2.82.